The summed E-state index contributed by atoms with van der Waals surface area (Å²) in [5.41, 5.74) is 5.37. The summed E-state index contributed by atoms with van der Waals surface area (Å²) in [7, 11) is 0. The van der Waals surface area contributed by atoms with Gasteiger partial charge >= 0.3 is 6.09 Å². The number of fused-ring (bicyclic) bond motifs is 3. The van der Waals surface area contributed by atoms with Gasteiger partial charge in [-0.2, -0.15) is 0 Å². The van der Waals surface area contributed by atoms with Crippen LogP contribution in [-0.4, -0.2) is 24.2 Å². The van der Waals surface area contributed by atoms with Crippen LogP contribution in [0.1, 0.15) is 29.0 Å². The predicted octanol–water partition coefficient (Wildman–Crippen LogP) is 5.67. The first-order chi connectivity index (χ1) is 14.6. The molecular formula is C24H18Cl2N2O2. The number of benzene rings is 2. The minimum Gasteiger partial charge on any atom is -0.449 e. The average molecular weight is 437 g/mol. The number of amides is 1. The molecule has 150 valence electrons. The van der Waals surface area contributed by atoms with E-state index in [-0.39, 0.29) is 17.7 Å². The largest absolute Gasteiger partial charge is 0.449 e. The highest BCUT2D eigenvalue weighted by Gasteiger charge is 2.28. The lowest BCUT2D eigenvalue weighted by Gasteiger charge is -2.14. The lowest BCUT2D eigenvalue weighted by atomic mass is 9.98. The molecular weight excluding hydrogens is 419 g/mol. The van der Waals surface area contributed by atoms with E-state index in [1.54, 1.807) is 12.1 Å². The molecule has 0 spiro atoms. The Bertz CT molecular complexity index is 1110. The van der Waals surface area contributed by atoms with Crippen molar-refractivity contribution in [1.82, 2.24) is 10.3 Å². The Kier molecular flexibility index (Phi) is 6.23. The first kappa shape index (κ1) is 20.3. The van der Waals surface area contributed by atoms with Gasteiger partial charge in [-0.15, -0.1) is 0 Å². The molecule has 0 saturated carbocycles. The summed E-state index contributed by atoms with van der Waals surface area (Å²) in [5, 5.41) is 3.32. The molecule has 6 heteroatoms. The minimum atomic E-state index is -0.454. The number of alkyl carbamates (subject to hydrolysis) is 1. The molecule has 0 radical (unpaired) electrons. The third-order valence-corrected chi connectivity index (χ3v) is 5.40. The number of halogens is 2. The van der Waals surface area contributed by atoms with Crippen molar-refractivity contribution in [2.45, 2.75) is 12.3 Å². The SMILES string of the molecule is O=C(NCCC#Cc1ccc(Cl)nc1Cl)OCC1c2ccccc2-c2ccccc21. The Morgan fingerprint density at radius 3 is 2.33 bits per heavy atom. The Hall–Kier alpha value is -3.00. The van der Waals surface area contributed by atoms with Gasteiger partial charge in [-0.1, -0.05) is 83.6 Å². The van der Waals surface area contributed by atoms with Crippen LogP contribution in [0.5, 0.6) is 0 Å². The van der Waals surface area contributed by atoms with Crippen molar-refractivity contribution >= 4 is 29.3 Å². The Balaban J connectivity index is 1.29. The standard InChI is InChI=1S/C24H18Cl2N2O2/c25-22-13-12-16(23(26)28-22)7-5-6-14-27-24(29)30-15-21-19-10-3-1-8-17(19)18-9-2-4-11-20(18)21/h1-4,8-13,21H,6,14-15H2,(H,27,29). The van der Waals surface area contributed by atoms with Gasteiger partial charge in [0, 0.05) is 18.9 Å². The monoisotopic (exact) mass is 436 g/mol. The highest BCUT2D eigenvalue weighted by Crippen LogP contribution is 2.44. The van der Waals surface area contributed by atoms with Crippen molar-refractivity contribution in [3.05, 3.63) is 87.7 Å². The number of hydrogen-bond donors (Lipinski definition) is 1. The van der Waals surface area contributed by atoms with Crippen molar-refractivity contribution < 1.29 is 9.53 Å². The number of aromatic nitrogens is 1. The minimum absolute atomic E-state index is 0.0440. The fraction of sp³-hybridized carbons (Fsp3) is 0.167. The number of nitrogens with zero attached hydrogens (tertiary/aromatic N) is 1. The van der Waals surface area contributed by atoms with Crippen molar-refractivity contribution in [3.63, 3.8) is 0 Å². The van der Waals surface area contributed by atoms with Gasteiger partial charge in [-0.3, -0.25) is 0 Å². The normalized spacial score (nSPS) is 11.8. The second kappa shape index (κ2) is 9.21. The van der Waals surface area contributed by atoms with Gasteiger partial charge in [0.1, 0.15) is 16.9 Å². The van der Waals surface area contributed by atoms with E-state index in [1.165, 1.54) is 22.3 Å². The summed E-state index contributed by atoms with van der Waals surface area (Å²) >= 11 is 11.7. The number of rotatable bonds is 4. The van der Waals surface area contributed by atoms with E-state index in [0.717, 1.165) is 0 Å². The van der Waals surface area contributed by atoms with Crippen LogP contribution in [0.2, 0.25) is 10.3 Å². The van der Waals surface area contributed by atoms with Crippen molar-refractivity contribution in [2.75, 3.05) is 13.2 Å². The first-order valence-electron chi connectivity index (χ1n) is 9.53. The predicted molar refractivity (Wildman–Crippen MR) is 119 cm³/mol. The molecule has 1 aromatic heterocycles. The van der Waals surface area contributed by atoms with Crippen molar-refractivity contribution in [1.29, 1.82) is 0 Å². The van der Waals surface area contributed by atoms with E-state index < -0.39 is 6.09 Å². The number of hydrogen-bond acceptors (Lipinski definition) is 3. The number of pyridine rings is 1. The van der Waals surface area contributed by atoms with Gasteiger partial charge in [0.2, 0.25) is 0 Å². The first-order valence-corrected chi connectivity index (χ1v) is 10.3. The van der Waals surface area contributed by atoms with Crippen LogP contribution < -0.4 is 5.32 Å². The van der Waals surface area contributed by atoms with Crippen LogP contribution in [0.4, 0.5) is 4.79 Å². The molecule has 0 atom stereocenters. The van der Waals surface area contributed by atoms with Gasteiger partial charge < -0.3 is 10.1 Å². The Morgan fingerprint density at radius 2 is 1.67 bits per heavy atom. The van der Waals surface area contributed by atoms with E-state index in [4.69, 9.17) is 27.9 Å². The summed E-state index contributed by atoms with van der Waals surface area (Å²) in [6.45, 7) is 0.667. The lowest BCUT2D eigenvalue weighted by Crippen LogP contribution is -2.26. The molecule has 1 aliphatic carbocycles. The zero-order chi connectivity index (χ0) is 20.9. The summed E-state index contributed by atoms with van der Waals surface area (Å²) in [5.74, 6) is 5.91. The number of ether oxygens (including phenoxy) is 1. The maximum Gasteiger partial charge on any atom is 0.407 e. The zero-order valence-electron chi connectivity index (χ0n) is 16.0. The molecule has 1 amide bonds. The fourth-order valence-electron chi connectivity index (χ4n) is 3.54. The number of carbonyl (C=O) groups is 1. The van der Waals surface area contributed by atoms with Gasteiger partial charge in [-0.05, 0) is 34.4 Å². The van der Waals surface area contributed by atoms with Crippen LogP contribution in [0.25, 0.3) is 11.1 Å². The molecule has 1 N–H and O–H groups in total. The number of nitrogens with one attached hydrogen (secondary N) is 1. The highest BCUT2D eigenvalue weighted by atomic mass is 35.5. The smallest absolute Gasteiger partial charge is 0.407 e. The number of carbonyl (C=O) groups excluding carboxylic acids is 1. The highest BCUT2D eigenvalue weighted by molar-refractivity contribution is 6.33. The third-order valence-electron chi connectivity index (χ3n) is 4.90. The van der Waals surface area contributed by atoms with E-state index >= 15 is 0 Å². The average Bonchev–Trinajstić information content (AvgIpc) is 3.07. The second-order valence-electron chi connectivity index (χ2n) is 6.78. The Labute approximate surface area is 185 Å². The maximum atomic E-state index is 12.1. The van der Waals surface area contributed by atoms with Crippen LogP contribution in [0, 0.1) is 11.8 Å². The molecule has 1 aliphatic rings. The van der Waals surface area contributed by atoms with Crippen LogP contribution in [0.3, 0.4) is 0 Å². The molecule has 30 heavy (non-hydrogen) atoms. The molecule has 0 aliphatic heterocycles. The molecule has 0 fully saturated rings. The molecule has 0 saturated heterocycles. The lowest BCUT2D eigenvalue weighted by molar-refractivity contribution is 0.143. The van der Waals surface area contributed by atoms with E-state index in [1.807, 2.05) is 24.3 Å². The molecule has 2 aromatic carbocycles. The molecule has 1 heterocycles. The topological polar surface area (TPSA) is 51.2 Å². The van der Waals surface area contributed by atoms with Crippen molar-refractivity contribution in [3.8, 4) is 23.0 Å². The van der Waals surface area contributed by atoms with Gasteiger partial charge in [0.15, 0.2) is 0 Å². The molecule has 3 aromatic rings. The summed E-state index contributed by atoms with van der Waals surface area (Å²) in [6, 6.07) is 19.8. The second-order valence-corrected chi connectivity index (χ2v) is 7.52. The van der Waals surface area contributed by atoms with Crippen LogP contribution in [0.15, 0.2) is 60.7 Å². The van der Waals surface area contributed by atoms with E-state index in [2.05, 4.69) is 46.4 Å². The Morgan fingerprint density at radius 1 is 1.00 bits per heavy atom. The van der Waals surface area contributed by atoms with E-state index in [9.17, 15) is 4.79 Å². The summed E-state index contributed by atoms with van der Waals surface area (Å²) in [6.07, 6.45) is 0.00762. The van der Waals surface area contributed by atoms with E-state index in [0.29, 0.717) is 23.7 Å². The quantitative estimate of drug-likeness (QED) is 0.325. The summed E-state index contributed by atoms with van der Waals surface area (Å²) in [4.78, 5) is 16.1. The molecule has 4 nitrogen and oxygen atoms in total. The molecule has 0 unspecified atom stereocenters. The zero-order valence-corrected chi connectivity index (χ0v) is 17.5. The maximum absolute atomic E-state index is 12.1. The van der Waals surface area contributed by atoms with Crippen molar-refractivity contribution in [2.24, 2.45) is 0 Å². The van der Waals surface area contributed by atoms with Gasteiger partial charge in [0.25, 0.3) is 0 Å². The van der Waals surface area contributed by atoms with Gasteiger partial charge in [0.05, 0.1) is 5.56 Å². The van der Waals surface area contributed by atoms with Crippen LogP contribution in [-0.2, 0) is 4.74 Å². The fourth-order valence-corrected chi connectivity index (χ4v) is 3.93. The van der Waals surface area contributed by atoms with Gasteiger partial charge in [-0.25, -0.2) is 9.78 Å². The van der Waals surface area contributed by atoms with Crippen LogP contribution >= 0.6 is 23.2 Å². The molecule has 0 bridgehead atoms. The third kappa shape index (κ3) is 4.43. The summed E-state index contributed by atoms with van der Waals surface area (Å²) < 4.78 is 5.49. The molecule has 4 rings (SSSR count).